The summed E-state index contributed by atoms with van der Waals surface area (Å²) in [6.07, 6.45) is 0.671. The minimum Gasteiger partial charge on any atom is -0.491 e. The SMILES string of the molecule is Cc1ccccc1OCCN(C)C(=O)CCc1nc2ccccc2c(=O)[nH]1. The van der Waals surface area contributed by atoms with Crippen LogP contribution in [-0.4, -0.2) is 41.0 Å². The van der Waals surface area contributed by atoms with Gasteiger partial charge in [0.25, 0.3) is 5.56 Å². The molecule has 0 aliphatic carbocycles. The molecule has 0 bridgehead atoms. The van der Waals surface area contributed by atoms with Gasteiger partial charge in [0.1, 0.15) is 18.2 Å². The van der Waals surface area contributed by atoms with Gasteiger partial charge >= 0.3 is 0 Å². The lowest BCUT2D eigenvalue weighted by molar-refractivity contribution is -0.130. The van der Waals surface area contributed by atoms with Crippen LogP contribution in [0.5, 0.6) is 5.75 Å². The number of benzene rings is 2. The Labute approximate surface area is 157 Å². The van der Waals surface area contributed by atoms with Crippen molar-refractivity contribution in [2.45, 2.75) is 19.8 Å². The molecule has 27 heavy (non-hydrogen) atoms. The predicted octanol–water partition coefficient (Wildman–Crippen LogP) is 2.70. The van der Waals surface area contributed by atoms with Crippen LogP contribution in [0.2, 0.25) is 0 Å². The number of hydrogen-bond donors (Lipinski definition) is 1. The summed E-state index contributed by atoms with van der Waals surface area (Å²) in [7, 11) is 1.75. The van der Waals surface area contributed by atoms with E-state index < -0.39 is 0 Å². The monoisotopic (exact) mass is 365 g/mol. The summed E-state index contributed by atoms with van der Waals surface area (Å²) in [6.45, 7) is 2.91. The van der Waals surface area contributed by atoms with Crippen molar-refractivity contribution in [3.8, 4) is 5.75 Å². The van der Waals surface area contributed by atoms with Gasteiger partial charge in [0.15, 0.2) is 0 Å². The second-order valence-electron chi connectivity index (χ2n) is 6.46. The Morgan fingerprint density at radius 3 is 2.70 bits per heavy atom. The van der Waals surface area contributed by atoms with E-state index in [9.17, 15) is 9.59 Å². The van der Waals surface area contributed by atoms with Gasteiger partial charge in [-0.2, -0.15) is 0 Å². The Morgan fingerprint density at radius 1 is 1.15 bits per heavy atom. The van der Waals surface area contributed by atoms with Gasteiger partial charge < -0.3 is 14.6 Å². The summed E-state index contributed by atoms with van der Waals surface area (Å²) in [5.74, 6) is 1.34. The number of amides is 1. The quantitative estimate of drug-likeness (QED) is 0.698. The highest BCUT2D eigenvalue weighted by Gasteiger charge is 2.11. The third-order valence-corrected chi connectivity index (χ3v) is 4.44. The number of aryl methyl sites for hydroxylation is 2. The molecule has 1 N–H and O–H groups in total. The lowest BCUT2D eigenvalue weighted by Gasteiger charge is -2.18. The second kappa shape index (κ2) is 8.49. The first-order chi connectivity index (χ1) is 13.0. The van der Waals surface area contributed by atoms with E-state index in [0.29, 0.717) is 36.3 Å². The minimum atomic E-state index is -0.178. The van der Waals surface area contributed by atoms with Gasteiger partial charge in [0.2, 0.25) is 5.91 Å². The molecule has 6 heteroatoms. The molecule has 0 fully saturated rings. The van der Waals surface area contributed by atoms with Crippen molar-refractivity contribution >= 4 is 16.8 Å². The number of fused-ring (bicyclic) bond motifs is 1. The number of ether oxygens (including phenoxy) is 1. The summed E-state index contributed by atoms with van der Waals surface area (Å²) < 4.78 is 5.73. The number of carbonyl (C=O) groups excluding carboxylic acids is 1. The van der Waals surface area contributed by atoms with Crippen LogP contribution >= 0.6 is 0 Å². The minimum absolute atomic E-state index is 0.0146. The van der Waals surface area contributed by atoms with Crippen LogP contribution in [0.4, 0.5) is 0 Å². The van der Waals surface area contributed by atoms with Crippen molar-refractivity contribution in [2.75, 3.05) is 20.2 Å². The van der Waals surface area contributed by atoms with E-state index in [1.54, 1.807) is 30.1 Å². The largest absolute Gasteiger partial charge is 0.491 e. The van der Waals surface area contributed by atoms with Crippen LogP contribution in [0.1, 0.15) is 17.8 Å². The standard InChI is InChI=1S/C21H23N3O3/c1-15-7-3-6-10-18(15)27-14-13-24(2)20(25)12-11-19-22-17-9-5-4-8-16(17)21(26)23-19/h3-10H,11-14H2,1-2H3,(H,22,23,26). The van der Waals surface area contributed by atoms with E-state index in [-0.39, 0.29) is 17.9 Å². The van der Waals surface area contributed by atoms with Crippen LogP contribution in [-0.2, 0) is 11.2 Å². The first kappa shape index (κ1) is 18.6. The van der Waals surface area contributed by atoms with E-state index in [2.05, 4.69) is 9.97 Å². The van der Waals surface area contributed by atoms with Crippen LogP contribution < -0.4 is 10.3 Å². The highest BCUT2D eigenvalue weighted by atomic mass is 16.5. The Balaban J connectivity index is 1.51. The molecule has 0 saturated carbocycles. The number of aromatic amines is 1. The van der Waals surface area contributed by atoms with Gasteiger partial charge in [-0.1, -0.05) is 30.3 Å². The lowest BCUT2D eigenvalue weighted by atomic mass is 10.2. The van der Waals surface area contributed by atoms with E-state index in [1.807, 2.05) is 37.3 Å². The molecule has 0 unspecified atom stereocenters. The maximum atomic E-state index is 12.3. The fourth-order valence-corrected chi connectivity index (χ4v) is 2.81. The molecule has 6 nitrogen and oxygen atoms in total. The molecule has 3 aromatic rings. The number of hydrogen-bond acceptors (Lipinski definition) is 4. The van der Waals surface area contributed by atoms with Gasteiger partial charge in [-0.25, -0.2) is 4.98 Å². The first-order valence-corrected chi connectivity index (χ1v) is 8.95. The molecule has 0 aliphatic heterocycles. The highest BCUT2D eigenvalue weighted by Crippen LogP contribution is 2.15. The van der Waals surface area contributed by atoms with Gasteiger partial charge in [-0.3, -0.25) is 9.59 Å². The van der Waals surface area contributed by atoms with Crippen molar-refractivity contribution in [3.05, 3.63) is 70.3 Å². The predicted molar refractivity (Wildman–Crippen MR) is 105 cm³/mol. The zero-order chi connectivity index (χ0) is 19.2. The Hall–Kier alpha value is -3.15. The number of para-hydroxylation sites is 2. The molecule has 0 radical (unpaired) electrons. The number of nitrogens with zero attached hydrogens (tertiary/aromatic N) is 2. The molecule has 1 amide bonds. The number of rotatable bonds is 7. The number of nitrogens with one attached hydrogen (secondary N) is 1. The third kappa shape index (κ3) is 4.73. The highest BCUT2D eigenvalue weighted by molar-refractivity contribution is 5.78. The van der Waals surface area contributed by atoms with Gasteiger partial charge in [-0.15, -0.1) is 0 Å². The fraction of sp³-hybridized carbons (Fsp3) is 0.286. The maximum Gasteiger partial charge on any atom is 0.258 e. The molecule has 0 saturated heterocycles. The van der Waals surface area contributed by atoms with Crippen molar-refractivity contribution in [1.29, 1.82) is 0 Å². The van der Waals surface area contributed by atoms with Crippen molar-refractivity contribution in [1.82, 2.24) is 14.9 Å². The Bertz CT molecular complexity index is 997. The smallest absolute Gasteiger partial charge is 0.258 e. The number of likely N-dealkylation sites (N-methyl/N-ethyl adjacent to an activating group) is 1. The van der Waals surface area contributed by atoms with Crippen molar-refractivity contribution in [2.24, 2.45) is 0 Å². The van der Waals surface area contributed by atoms with E-state index in [1.165, 1.54) is 0 Å². The summed E-state index contributed by atoms with van der Waals surface area (Å²) in [6, 6.07) is 15.0. The van der Waals surface area contributed by atoms with Crippen LogP contribution in [0.15, 0.2) is 53.3 Å². The molecule has 1 aromatic heterocycles. The molecule has 2 aromatic carbocycles. The fourth-order valence-electron chi connectivity index (χ4n) is 2.81. The van der Waals surface area contributed by atoms with Gasteiger partial charge in [0, 0.05) is 19.9 Å². The van der Waals surface area contributed by atoms with Crippen LogP contribution in [0, 0.1) is 6.92 Å². The lowest BCUT2D eigenvalue weighted by Crippen LogP contribution is -2.31. The molecule has 0 atom stereocenters. The molecular weight excluding hydrogens is 342 g/mol. The van der Waals surface area contributed by atoms with Crippen LogP contribution in [0.25, 0.3) is 10.9 Å². The zero-order valence-electron chi connectivity index (χ0n) is 15.6. The second-order valence-corrected chi connectivity index (χ2v) is 6.46. The van der Waals surface area contributed by atoms with Crippen LogP contribution in [0.3, 0.4) is 0 Å². The van der Waals surface area contributed by atoms with Crippen molar-refractivity contribution < 1.29 is 9.53 Å². The number of H-pyrrole nitrogens is 1. The zero-order valence-corrected chi connectivity index (χ0v) is 15.6. The molecule has 1 heterocycles. The summed E-state index contributed by atoms with van der Waals surface area (Å²) in [5, 5.41) is 0.554. The average Bonchev–Trinajstić information content (AvgIpc) is 2.67. The third-order valence-electron chi connectivity index (χ3n) is 4.44. The number of carbonyl (C=O) groups is 1. The Morgan fingerprint density at radius 2 is 1.89 bits per heavy atom. The number of aromatic nitrogens is 2. The summed E-state index contributed by atoms with van der Waals surface area (Å²) in [4.78, 5) is 33.2. The topological polar surface area (TPSA) is 75.3 Å². The Kier molecular flexibility index (Phi) is 5.86. The van der Waals surface area contributed by atoms with Gasteiger partial charge in [-0.05, 0) is 30.7 Å². The summed E-state index contributed by atoms with van der Waals surface area (Å²) >= 11 is 0. The molecule has 0 aliphatic rings. The molecule has 0 spiro atoms. The molecule has 3 rings (SSSR count). The van der Waals surface area contributed by atoms with E-state index in [4.69, 9.17) is 4.74 Å². The maximum absolute atomic E-state index is 12.3. The molecule has 140 valence electrons. The van der Waals surface area contributed by atoms with E-state index in [0.717, 1.165) is 11.3 Å². The van der Waals surface area contributed by atoms with Gasteiger partial charge in [0.05, 0.1) is 17.4 Å². The molecular formula is C21H23N3O3. The first-order valence-electron chi connectivity index (χ1n) is 8.95. The van der Waals surface area contributed by atoms with Crippen molar-refractivity contribution in [3.63, 3.8) is 0 Å². The summed E-state index contributed by atoms with van der Waals surface area (Å²) in [5.41, 5.74) is 1.53. The van der Waals surface area contributed by atoms with E-state index >= 15 is 0 Å². The average molecular weight is 365 g/mol. The normalized spacial score (nSPS) is 10.7.